The zero-order valence-electron chi connectivity index (χ0n) is 16.0. The highest BCUT2D eigenvalue weighted by Gasteiger charge is 2.17. The molecule has 1 heterocycles. The fourth-order valence-electron chi connectivity index (χ4n) is 3.20. The van der Waals surface area contributed by atoms with Crippen LogP contribution in [0.15, 0.2) is 12.3 Å². The topological polar surface area (TPSA) is 3.88 Å². The number of rotatable bonds is 12. The summed E-state index contributed by atoms with van der Waals surface area (Å²) in [5.74, 6) is 0. The normalized spacial score (nSPS) is 10.6. The van der Waals surface area contributed by atoms with Crippen LogP contribution in [0.3, 0.4) is 0 Å². The molecule has 0 amide bonds. The van der Waals surface area contributed by atoms with E-state index < -0.39 is 0 Å². The number of pyridine rings is 1. The van der Waals surface area contributed by atoms with Gasteiger partial charge in [0.1, 0.15) is 6.54 Å². The summed E-state index contributed by atoms with van der Waals surface area (Å²) in [6, 6.07) is 2.53. The fourth-order valence-corrected chi connectivity index (χ4v) is 3.20. The van der Waals surface area contributed by atoms with Gasteiger partial charge in [-0.15, -0.1) is 0 Å². The summed E-state index contributed by atoms with van der Waals surface area (Å²) in [5, 5.41) is 0. The van der Waals surface area contributed by atoms with Gasteiger partial charge in [-0.05, 0) is 38.2 Å². The maximum Gasteiger partial charge on any atom is 0.184 e. The zero-order valence-corrected chi connectivity index (χ0v) is 16.7. The molecule has 1 nitrogen and oxygen atoms in total. The number of unbranched alkanes of at least 4 members (excludes halogenated alkanes) is 4. The molecule has 1 rings (SSSR count). The number of aromatic nitrogens is 1. The lowest BCUT2D eigenvalue weighted by Crippen LogP contribution is -3.00. The van der Waals surface area contributed by atoms with Crippen LogP contribution in [-0.4, -0.2) is 0 Å². The van der Waals surface area contributed by atoms with Crippen LogP contribution in [0.5, 0.6) is 0 Å². The first-order valence-electron chi connectivity index (χ1n) is 9.80. The van der Waals surface area contributed by atoms with E-state index in [-0.39, 0.29) is 12.4 Å². The van der Waals surface area contributed by atoms with Crippen molar-refractivity contribution in [3.63, 3.8) is 0 Å². The number of aryl methyl sites for hydroxylation is 3. The van der Waals surface area contributed by atoms with Gasteiger partial charge in [-0.1, -0.05) is 53.4 Å². The van der Waals surface area contributed by atoms with E-state index >= 15 is 0 Å². The average Bonchev–Trinajstić information content (AvgIpc) is 2.53. The van der Waals surface area contributed by atoms with Crippen molar-refractivity contribution in [2.45, 2.75) is 105 Å². The molecule has 1 aromatic heterocycles. The van der Waals surface area contributed by atoms with Gasteiger partial charge in [0.2, 0.25) is 0 Å². The minimum absolute atomic E-state index is 0. The van der Waals surface area contributed by atoms with E-state index in [9.17, 15) is 0 Å². The third-order valence-corrected chi connectivity index (χ3v) is 4.50. The van der Waals surface area contributed by atoms with Crippen LogP contribution in [-0.2, 0) is 25.8 Å². The highest BCUT2D eigenvalue weighted by molar-refractivity contribution is 5.22. The summed E-state index contributed by atoms with van der Waals surface area (Å²) in [4.78, 5) is 0. The Labute approximate surface area is 151 Å². The molecule has 2 heteroatoms. The Bertz CT molecular complexity index is 415. The molecular formula is C21H38ClN. The van der Waals surface area contributed by atoms with Crippen molar-refractivity contribution in [3.05, 3.63) is 29.1 Å². The molecule has 0 atom stereocenters. The Morgan fingerprint density at radius 1 is 0.739 bits per heavy atom. The molecule has 0 aromatic carbocycles. The first kappa shape index (κ1) is 22.4. The summed E-state index contributed by atoms with van der Waals surface area (Å²) in [5.41, 5.74) is 4.82. The van der Waals surface area contributed by atoms with Gasteiger partial charge in [0, 0.05) is 24.0 Å². The lowest BCUT2D eigenvalue weighted by atomic mass is 9.98. The second kappa shape index (κ2) is 13.8. The third-order valence-electron chi connectivity index (χ3n) is 4.50. The van der Waals surface area contributed by atoms with Gasteiger partial charge in [-0.3, -0.25) is 0 Å². The molecule has 0 bridgehead atoms. The first-order valence-corrected chi connectivity index (χ1v) is 9.80. The van der Waals surface area contributed by atoms with E-state index in [1.54, 1.807) is 16.8 Å². The molecular weight excluding hydrogens is 302 g/mol. The Balaban J connectivity index is 0.00000484. The Morgan fingerprint density at radius 3 is 2.00 bits per heavy atom. The molecule has 0 N–H and O–H groups in total. The molecule has 0 saturated heterocycles. The van der Waals surface area contributed by atoms with Crippen LogP contribution in [0.1, 0.15) is 95.9 Å². The predicted octanol–water partition coefficient (Wildman–Crippen LogP) is 2.81. The summed E-state index contributed by atoms with van der Waals surface area (Å²) in [6.07, 6.45) is 16.7. The molecule has 0 fully saturated rings. The number of halogens is 1. The van der Waals surface area contributed by atoms with Crippen molar-refractivity contribution in [1.29, 1.82) is 0 Å². The second-order valence-electron chi connectivity index (χ2n) is 6.68. The quantitative estimate of drug-likeness (QED) is 0.407. The molecule has 0 saturated carbocycles. The fraction of sp³-hybridized carbons (Fsp3) is 0.762. The lowest BCUT2D eigenvalue weighted by Gasteiger charge is -2.12. The van der Waals surface area contributed by atoms with Crippen molar-refractivity contribution in [2.24, 2.45) is 0 Å². The van der Waals surface area contributed by atoms with Crippen molar-refractivity contribution in [1.82, 2.24) is 0 Å². The number of hydrogen-bond donors (Lipinski definition) is 0. The van der Waals surface area contributed by atoms with Gasteiger partial charge in [-0.25, -0.2) is 4.57 Å². The molecule has 0 unspecified atom stereocenters. The van der Waals surface area contributed by atoms with Crippen molar-refractivity contribution < 1.29 is 17.0 Å². The first-order chi connectivity index (χ1) is 10.8. The van der Waals surface area contributed by atoms with Crippen LogP contribution in [0.2, 0.25) is 0 Å². The van der Waals surface area contributed by atoms with Crippen LogP contribution in [0.25, 0.3) is 0 Å². The van der Waals surface area contributed by atoms with Crippen molar-refractivity contribution >= 4 is 0 Å². The molecule has 0 aliphatic rings. The van der Waals surface area contributed by atoms with E-state index in [0.717, 1.165) is 0 Å². The van der Waals surface area contributed by atoms with E-state index in [2.05, 4.69) is 44.5 Å². The molecule has 0 spiro atoms. The van der Waals surface area contributed by atoms with Crippen molar-refractivity contribution in [3.8, 4) is 0 Å². The van der Waals surface area contributed by atoms with Crippen LogP contribution in [0, 0.1) is 0 Å². The molecule has 0 aliphatic heterocycles. The van der Waals surface area contributed by atoms with Gasteiger partial charge in [0.15, 0.2) is 11.9 Å². The summed E-state index contributed by atoms with van der Waals surface area (Å²) in [7, 11) is 0. The summed E-state index contributed by atoms with van der Waals surface area (Å²) >= 11 is 0. The monoisotopic (exact) mass is 339 g/mol. The van der Waals surface area contributed by atoms with Gasteiger partial charge in [-0.2, -0.15) is 0 Å². The molecule has 23 heavy (non-hydrogen) atoms. The Morgan fingerprint density at radius 2 is 1.39 bits per heavy atom. The minimum atomic E-state index is 0. The smallest absolute Gasteiger partial charge is 0.184 e. The van der Waals surface area contributed by atoms with Crippen molar-refractivity contribution in [2.75, 3.05) is 0 Å². The zero-order chi connectivity index (χ0) is 16.2. The summed E-state index contributed by atoms with van der Waals surface area (Å²) < 4.78 is 2.59. The predicted molar refractivity (Wildman–Crippen MR) is 97.4 cm³/mol. The number of hydrogen-bond acceptors (Lipinski definition) is 0. The second-order valence-corrected chi connectivity index (χ2v) is 6.68. The largest absolute Gasteiger partial charge is 1.00 e. The number of nitrogens with zero attached hydrogens (tertiary/aromatic N) is 1. The molecule has 134 valence electrons. The van der Waals surface area contributed by atoms with Gasteiger partial charge >= 0.3 is 0 Å². The highest BCUT2D eigenvalue weighted by Crippen LogP contribution is 2.16. The lowest BCUT2D eigenvalue weighted by molar-refractivity contribution is -0.705. The molecule has 1 aromatic rings. The maximum absolute atomic E-state index is 2.59. The van der Waals surface area contributed by atoms with E-state index in [1.807, 2.05) is 0 Å². The summed E-state index contributed by atoms with van der Waals surface area (Å²) in [6.45, 7) is 10.4. The third kappa shape index (κ3) is 8.20. The van der Waals surface area contributed by atoms with Crippen LogP contribution in [0.4, 0.5) is 0 Å². The van der Waals surface area contributed by atoms with Gasteiger partial charge in [0.25, 0.3) is 0 Å². The highest BCUT2D eigenvalue weighted by atomic mass is 35.5. The standard InChI is InChI=1S/C21H38N.ClH/c1-5-9-12-15-21-20(14-11-7-3)17-19(13-10-6-2)18-22(21)16-8-4;/h17-18H,5-16H2,1-4H3;1H/q+1;/p-1. The van der Waals surface area contributed by atoms with Gasteiger partial charge in [0.05, 0.1) is 0 Å². The Hall–Kier alpha value is -0.560. The average molecular weight is 340 g/mol. The maximum atomic E-state index is 2.59. The SMILES string of the molecule is CCCCCc1c(CCCC)cc(CCCC)c[n+]1CCC.[Cl-]. The van der Waals surface area contributed by atoms with Crippen LogP contribution < -0.4 is 17.0 Å². The van der Waals surface area contributed by atoms with E-state index in [4.69, 9.17) is 0 Å². The molecule has 0 radical (unpaired) electrons. The van der Waals surface area contributed by atoms with Crippen LogP contribution >= 0.6 is 0 Å². The van der Waals surface area contributed by atoms with E-state index in [0.29, 0.717) is 0 Å². The van der Waals surface area contributed by atoms with Gasteiger partial charge < -0.3 is 12.4 Å². The minimum Gasteiger partial charge on any atom is -1.00 e. The van der Waals surface area contributed by atoms with E-state index in [1.165, 1.54) is 77.2 Å². The Kier molecular flexibility index (Phi) is 13.5. The molecule has 0 aliphatic carbocycles.